The van der Waals surface area contributed by atoms with Gasteiger partial charge in [0.05, 0.1) is 3.79 Å². The number of hydrogen-bond acceptors (Lipinski definition) is 2. The minimum Gasteiger partial charge on any atom is -0.309 e. The Balaban J connectivity index is 2.74. The van der Waals surface area contributed by atoms with Crippen molar-refractivity contribution in [3.63, 3.8) is 0 Å². The van der Waals surface area contributed by atoms with Crippen LogP contribution >= 0.6 is 43.2 Å². The van der Waals surface area contributed by atoms with Crippen LogP contribution in [-0.4, -0.2) is 6.54 Å². The molecule has 0 bridgehead atoms. The molecule has 0 aliphatic rings. The normalized spacial score (nSPS) is 14.9. The predicted octanol–water partition coefficient (Wildman–Crippen LogP) is 5.75. The van der Waals surface area contributed by atoms with Crippen molar-refractivity contribution in [2.24, 2.45) is 5.92 Å². The van der Waals surface area contributed by atoms with E-state index in [0.717, 1.165) is 12.5 Å². The van der Waals surface area contributed by atoms with Gasteiger partial charge in [0.2, 0.25) is 0 Å². The van der Waals surface area contributed by atoms with Gasteiger partial charge in [-0.15, -0.1) is 11.3 Å². The zero-order chi connectivity index (χ0) is 12.8. The topological polar surface area (TPSA) is 12.0 Å². The van der Waals surface area contributed by atoms with Crippen molar-refractivity contribution in [3.05, 3.63) is 19.2 Å². The summed E-state index contributed by atoms with van der Waals surface area (Å²) in [4.78, 5) is 1.43. The Kier molecular flexibility index (Phi) is 7.31. The zero-order valence-electron chi connectivity index (χ0n) is 10.7. The summed E-state index contributed by atoms with van der Waals surface area (Å²) in [6.45, 7) is 7.90. The summed E-state index contributed by atoms with van der Waals surface area (Å²) < 4.78 is 2.37. The molecule has 2 atom stereocenters. The molecule has 1 heterocycles. The Hall–Kier alpha value is 0.620. The van der Waals surface area contributed by atoms with Crippen molar-refractivity contribution >= 4 is 43.2 Å². The number of rotatable bonds is 7. The van der Waals surface area contributed by atoms with Gasteiger partial charge in [0.25, 0.3) is 0 Å². The van der Waals surface area contributed by atoms with Crippen molar-refractivity contribution in [3.8, 4) is 0 Å². The SMILES string of the molecule is CCCNC(CC(C)CC)c1cc(Br)c(Br)s1. The van der Waals surface area contributed by atoms with Crippen LogP contribution in [0.1, 0.15) is 51.0 Å². The third kappa shape index (κ3) is 5.01. The summed E-state index contributed by atoms with van der Waals surface area (Å²) in [5, 5.41) is 3.66. The van der Waals surface area contributed by atoms with Gasteiger partial charge in [-0.05, 0) is 63.2 Å². The third-order valence-electron chi connectivity index (χ3n) is 2.98. The van der Waals surface area contributed by atoms with E-state index in [1.54, 1.807) is 0 Å². The maximum Gasteiger partial charge on any atom is 0.0843 e. The molecule has 0 saturated carbocycles. The minimum atomic E-state index is 0.498. The van der Waals surface area contributed by atoms with E-state index in [1.165, 1.54) is 32.4 Å². The van der Waals surface area contributed by atoms with Gasteiger partial charge in [0.1, 0.15) is 0 Å². The molecule has 1 N–H and O–H groups in total. The van der Waals surface area contributed by atoms with E-state index in [1.807, 2.05) is 11.3 Å². The lowest BCUT2D eigenvalue weighted by Crippen LogP contribution is -2.23. The maximum atomic E-state index is 3.66. The van der Waals surface area contributed by atoms with Crippen molar-refractivity contribution in [1.82, 2.24) is 5.32 Å². The van der Waals surface area contributed by atoms with Crippen LogP contribution in [-0.2, 0) is 0 Å². The fraction of sp³-hybridized carbons (Fsp3) is 0.692. The first-order valence-corrected chi connectivity index (χ1v) is 8.66. The molecule has 1 rings (SSSR count). The quantitative estimate of drug-likeness (QED) is 0.632. The highest BCUT2D eigenvalue weighted by atomic mass is 79.9. The van der Waals surface area contributed by atoms with E-state index in [4.69, 9.17) is 0 Å². The summed E-state index contributed by atoms with van der Waals surface area (Å²) in [5.74, 6) is 0.768. The lowest BCUT2D eigenvalue weighted by molar-refractivity contribution is 0.406. The van der Waals surface area contributed by atoms with Gasteiger partial charge in [0.15, 0.2) is 0 Å². The predicted molar refractivity (Wildman–Crippen MR) is 84.8 cm³/mol. The van der Waals surface area contributed by atoms with Crippen molar-refractivity contribution in [1.29, 1.82) is 0 Å². The second kappa shape index (κ2) is 7.93. The molecule has 17 heavy (non-hydrogen) atoms. The number of thiophene rings is 1. The van der Waals surface area contributed by atoms with E-state index < -0.39 is 0 Å². The van der Waals surface area contributed by atoms with Crippen molar-refractivity contribution < 1.29 is 0 Å². The highest BCUT2D eigenvalue weighted by Gasteiger charge is 2.17. The van der Waals surface area contributed by atoms with E-state index in [9.17, 15) is 0 Å². The van der Waals surface area contributed by atoms with Crippen LogP contribution in [0.2, 0.25) is 0 Å². The van der Waals surface area contributed by atoms with Crippen LogP contribution in [0, 0.1) is 5.92 Å². The Morgan fingerprint density at radius 1 is 1.35 bits per heavy atom. The highest BCUT2D eigenvalue weighted by molar-refractivity contribution is 9.13. The monoisotopic (exact) mass is 381 g/mol. The molecule has 0 spiro atoms. The van der Waals surface area contributed by atoms with Crippen LogP contribution < -0.4 is 5.32 Å². The Bertz CT molecular complexity index is 319. The Morgan fingerprint density at radius 3 is 2.53 bits per heavy atom. The summed E-state index contributed by atoms with van der Waals surface area (Å²) in [6, 6.07) is 2.74. The van der Waals surface area contributed by atoms with E-state index in [-0.39, 0.29) is 0 Å². The van der Waals surface area contributed by atoms with Crippen LogP contribution in [0.3, 0.4) is 0 Å². The molecule has 2 unspecified atom stereocenters. The second-order valence-corrected chi connectivity index (χ2v) is 7.78. The standard InChI is InChI=1S/C13H21Br2NS/c1-4-6-16-11(7-9(3)5-2)12-8-10(14)13(15)17-12/h8-9,11,16H,4-7H2,1-3H3. The number of halogens is 2. The average molecular weight is 383 g/mol. The van der Waals surface area contributed by atoms with Gasteiger partial charge in [-0.25, -0.2) is 0 Å². The first-order valence-electron chi connectivity index (χ1n) is 6.26. The third-order valence-corrected chi connectivity index (χ3v) is 6.35. The minimum absolute atomic E-state index is 0.498. The van der Waals surface area contributed by atoms with Gasteiger partial charge in [-0.2, -0.15) is 0 Å². The molecule has 0 fully saturated rings. The van der Waals surface area contributed by atoms with Gasteiger partial charge < -0.3 is 5.32 Å². The molecule has 98 valence electrons. The lowest BCUT2D eigenvalue weighted by Gasteiger charge is -2.20. The summed E-state index contributed by atoms with van der Waals surface area (Å²) in [6.07, 6.45) is 3.65. The second-order valence-electron chi connectivity index (χ2n) is 4.53. The first kappa shape index (κ1) is 15.7. The summed E-state index contributed by atoms with van der Waals surface area (Å²) >= 11 is 8.98. The van der Waals surface area contributed by atoms with Gasteiger partial charge in [-0.3, -0.25) is 0 Å². The summed E-state index contributed by atoms with van der Waals surface area (Å²) in [7, 11) is 0. The van der Waals surface area contributed by atoms with E-state index in [2.05, 4.69) is 64.0 Å². The maximum absolute atomic E-state index is 3.66. The number of nitrogens with one attached hydrogen (secondary N) is 1. The molecule has 4 heteroatoms. The van der Waals surface area contributed by atoms with Gasteiger partial charge in [-0.1, -0.05) is 27.2 Å². The molecule has 0 aromatic carbocycles. The molecule has 0 aliphatic carbocycles. The average Bonchev–Trinajstić information content (AvgIpc) is 2.64. The molecule has 0 saturated heterocycles. The molecule has 1 aromatic heterocycles. The number of hydrogen-bond donors (Lipinski definition) is 1. The molecular formula is C13H21Br2NS. The van der Waals surface area contributed by atoms with Crippen molar-refractivity contribution in [2.75, 3.05) is 6.54 Å². The van der Waals surface area contributed by atoms with Crippen molar-refractivity contribution in [2.45, 2.75) is 46.1 Å². The zero-order valence-corrected chi connectivity index (χ0v) is 14.7. The van der Waals surface area contributed by atoms with E-state index in [0.29, 0.717) is 6.04 Å². The van der Waals surface area contributed by atoms with Crippen LogP contribution in [0.4, 0.5) is 0 Å². The van der Waals surface area contributed by atoms with E-state index >= 15 is 0 Å². The Labute approximate surface area is 126 Å². The lowest BCUT2D eigenvalue weighted by atomic mass is 9.98. The summed E-state index contributed by atoms with van der Waals surface area (Å²) in [5.41, 5.74) is 0. The molecule has 0 aliphatic heterocycles. The molecule has 1 nitrogen and oxygen atoms in total. The largest absolute Gasteiger partial charge is 0.309 e. The molecule has 1 aromatic rings. The van der Waals surface area contributed by atoms with Gasteiger partial charge in [0, 0.05) is 15.4 Å². The van der Waals surface area contributed by atoms with Crippen LogP contribution in [0.15, 0.2) is 14.3 Å². The first-order chi connectivity index (χ1) is 8.08. The Morgan fingerprint density at radius 2 is 2.06 bits per heavy atom. The smallest absolute Gasteiger partial charge is 0.0843 e. The molecule has 0 radical (unpaired) electrons. The fourth-order valence-corrected chi connectivity index (χ4v) is 3.90. The van der Waals surface area contributed by atoms with Crippen LogP contribution in [0.5, 0.6) is 0 Å². The molecule has 0 amide bonds. The molecular weight excluding hydrogens is 362 g/mol. The highest BCUT2D eigenvalue weighted by Crippen LogP contribution is 2.37. The fourth-order valence-electron chi connectivity index (χ4n) is 1.72. The van der Waals surface area contributed by atoms with Crippen LogP contribution in [0.25, 0.3) is 0 Å². The van der Waals surface area contributed by atoms with Gasteiger partial charge >= 0.3 is 0 Å².